The standard InChI is InChI=1S/C31H35FN2O8/c1-18(37)5-3-8-26(38)34(11-9-19-6-4-7-21(32)13-19)24-16-23(31(40)33-10-12-35)27-22-14-20(17-36)15-25(41-2)29(22)42-30(27)28(24)39/h4,6-7,13-17,24,27-28,30,35,39H,3,5,8-12H2,1-2H3,(H,33,40). The number of amides is 2. The fourth-order valence-corrected chi connectivity index (χ4v) is 5.57. The molecule has 0 saturated heterocycles. The van der Waals surface area contributed by atoms with Crippen LogP contribution >= 0.6 is 0 Å². The lowest BCUT2D eigenvalue weighted by Crippen LogP contribution is -2.56. The number of aliphatic hydroxyl groups excluding tert-OH is 2. The van der Waals surface area contributed by atoms with E-state index < -0.39 is 35.9 Å². The van der Waals surface area contributed by atoms with E-state index >= 15 is 0 Å². The highest BCUT2D eigenvalue weighted by atomic mass is 19.1. The Hall–Kier alpha value is -4.09. The van der Waals surface area contributed by atoms with Crippen LogP contribution in [0.3, 0.4) is 0 Å². The number of hydrogen-bond acceptors (Lipinski definition) is 8. The minimum absolute atomic E-state index is 0.0253. The second-order valence-electron chi connectivity index (χ2n) is 10.4. The molecule has 0 aromatic heterocycles. The van der Waals surface area contributed by atoms with Gasteiger partial charge in [-0.3, -0.25) is 14.4 Å². The maximum atomic E-state index is 13.9. The van der Waals surface area contributed by atoms with Gasteiger partial charge in [0.25, 0.3) is 0 Å². The predicted molar refractivity (Wildman–Crippen MR) is 150 cm³/mol. The zero-order valence-corrected chi connectivity index (χ0v) is 23.5. The van der Waals surface area contributed by atoms with Crippen molar-refractivity contribution in [2.24, 2.45) is 0 Å². The van der Waals surface area contributed by atoms with Crippen LogP contribution in [0, 0.1) is 5.82 Å². The first-order chi connectivity index (χ1) is 20.2. The van der Waals surface area contributed by atoms with Crippen molar-refractivity contribution in [3.05, 3.63) is 70.6 Å². The highest BCUT2D eigenvalue weighted by Crippen LogP contribution is 2.51. The molecule has 42 heavy (non-hydrogen) atoms. The Morgan fingerprint density at radius 1 is 1.19 bits per heavy atom. The summed E-state index contributed by atoms with van der Waals surface area (Å²) in [5.74, 6) is -1.62. The fourth-order valence-electron chi connectivity index (χ4n) is 5.57. The lowest BCUT2D eigenvalue weighted by Gasteiger charge is -2.41. The zero-order valence-electron chi connectivity index (χ0n) is 23.5. The van der Waals surface area contributed by atoms with Crippen molar-refractivity contribution >= 4 is 23.9 Å². The smallest absolute Gasteiger partial charge is 0.247 e. The molecule has 1 aliphatic heterocycles. The summed E-state index contributed by atoms with van der Waals surface area (Å²) in [5.41, 5.74) is 1.60. The highest BCUT2D eigenvalue weighted by Gasteiger charge is 2.51. The van der Waals surface area contributed by atoms with Gasteiger partial charge in [0.05, 0.1) is 25.7 Å². The number of ketones is 1. The molecule has 11 heteroatoms. The van der Waals surface area contributed by atoms with Crippen molar-refractivity contribution in [3.8, 4) is 11.5 Å². The van der Waals surface area contributed by atoms with Crippen molar-refractivity contribution in [2.75, 3.05) is 26.8 Å². The number of benzene rings is 2. The van der Waals surface area contributed by atoms with Crippen LogP contribution in [-0.4, -0.2) is 84.1 Å². The molecular formula is C31H35FN2O8. The van der Waals surface area contributed by atoms with Crippen LogP contribution in [0.1, 0.15) is 53.6 Å². The van der Waals surface area contributed by atoms with Gasteiger partial charge < -0.3 is 34.7 Å². The summed E-state index contributed by atoms with van der Waals surface area (Å²) in [7, 11) is 1.41. The van der Waals surface area contributed by atoms with Gasteiger partial charge in [-0.1, -0.05) is 12.1 Å². The first kappa shape index (κ1) is 30.9. The summed E-state index contributed by atoms with van der Waals surface area (Å²) in [6.45, 7) is 1.20. The third-order valence-electron chi connectivity index (χ3n) is 7.54. The largest absolute Gasteiger partial charge is 0.493 e. The molecule has 10 nitrogen and oxygen atoms in total. The van der Waals surface area contributed by atoms with Crippen molar-refractivity contribution in [1.29, 1.82) is 0 Å². The van der Waals surface area contributed by atoms with Gasteiger partial charge in [-0.05, 0) is 55.7 Å². The summed E-state index contributed by atoms with van der Waals surface area (Å²) in [6, 6.07) is 8.03. The van der Waals surface area contributed by atoms with Crippen LogP contribution < -0.4 is 14.8 Å². The molecule has 0 saturated carbocycles. The first-order valence-electron chi connectivity index (χ1n) is 13.8. The SMILES string of the molecule is COc1cc(C=O)cc2c1OC1C2C(C(=O)NCCO)=CC(N(CCc2cccc(F)c2)C(=O)CCCC(C)=O)C1O. The lowest BCUT2D eigenvalue weighted by atomic mass is 9.77. The topological polar surface area (TPSA) is 142 Å². The fraction of sp³-hybridized carbons (Fsp3) is 0.419. The van der Waals surface area contributed by atoms with E-state index in [2.05, 4.69) is 5.32 Å². The number of hydrogen-bond donors (Lipinski definition) is 3. The van der Waals surface area contributed by atoms with Gasteiger partial charge in [-0.25, -0.2) is 4.39 Å². The normalized spacial score (nSPS) is 20.5. The van der Waals surface area contributed by atoms with E-state index in [0.717, 1.165) is 0 Å². The number of halogens is 1. The Labute approximate surface area is 243 Å². The predicted octanol–water partition coefficient (Wildman–Crippen LogP) is 2.10. The Bertz CT molecular complexity index is 1380. The van der Waals surface area contributed by atoms with Crippen molar-refractivity contribution < 1.29 is 43.3 Å². The van der Waals surface area contributed by atoms with E-state index in [0.29, 0.717) is 29.4 Å². The lowest BCUT2D eigenvalue weighted by molar-refractivity contribution is -0.137. The number of nitrogens with one attached hydrogen (secondary N) is 1. The molecule has 2 amide bonds. The minimum Gasteiger partial charge on any atom is -0.493 e. The summed E-state index contributed by atoms with van der Waals surface area (Å²) >= 11 is 0. The average Bonchev–Trinajstić information content (AvgIpc) is 3.36. The van der Waals surface area contributed by atoms with Gasteiger partial charge in [0.15, 0.2) is 11.5 Å². The zero-order chi connectivity index (χ0) is 30.4. The second-order valence-corrected chi connectivity index (χ2v) is 10.4. The molecule has 0 fully saturated rings. The number of ether oxygens (including phenoxy) is 2. The van der Waals surface area contributed by atoms with Gasteiger partial charge in [0.1, 0.15) is 30.1 Å². The molecule has 1 heterocycles. The van der Waals surface area contributed by atoms with E-state index in [1.807, 2.05) is 0 Å². The number of rotatable bonds is 13. The molecule has 0 bridgehead atoms. The molecule has 4 atom stereocenters. The molecule has 2 aromatic carbocycles. The number of nitrogens with zero attached hydrogens (tertiary/aromatic N) is 1. The average molecular weight is 583 g/mol. The highest BCUT2D eigenvalue weighted by molar-refractivity contribution is 5.96. The monoisotopic (exact) mass is 582 g/mol. The summed E-state index contributed by atoms with van der Waals surface area (Å²) in [5, 5.41) is 23.6. The maximum Gasteiger partial charge on any atom is 0.247 e. The third-order valence-corrected chi connectivity index (χ3v) is 7.54. The molecule has 0 radical (unpaired) electrons. The van der Waals surface area contributed by atoms with E-state index in [9.17, 15) is 33.8 Å². The summed E-state index contributed by atoms with van der Waals surface area (Å²) in [6.07, 6.45) is 0.659. The van der Waals surface area contributed by atoms with E-state index in [-0.39, 0.29) is 67.7 Å². The molecule has 0 spiro atoms. The van der Waals surface area contributed by atoms with E-state index in [1.54, 1.807) is 18.2 Å². The second kappa shape index (κ2) is 13.7. The Balaban J connectivity index is 1.75. The van der Waals surface area contributed by atoms with Gasteiger partial charge in [-0.15, -0.1) is 0 Å². The first-order valence-corrected chi connectivity index (χ1v) is 13.8. The molecule has 224 valence electrons. The van der Waals surface area contributed by atoms with Crippen LogP contribution in [0.5, 0.6) is 11.5 Å². The van der Waals surface area contributed by atoms with Crippen LogP contribution in [0.2, 0.25) is 0 Å². The number of Topliss-reactive ketones (excluding diaryl/α,β-unsaturated/α-hetero) is 1. The summed E-state index contributed by atoms with van der Waals surface area (Å²) in [4.78, 5) is 51.6. The van der Waals surface area contributed by atoms with E-state index in [4.69, 9.17) is 9.47 Å². The van der Waals surface area contributed by atoms with Crippen molar-refractivity contribution in [2.45, 2.75) is 56.8 Å². The number of carbonyl (C=O) groups excluding carboxylic acids is 4. The number of carbonyl (C=O) groups is 4. The van der Waals surface area contributed by atoms with Crippen LogP contribution in [0.25, 0.3) is 0 Å². The van der Waals surface area contributed by atoms with Gasteiger partial charge in [0.2, 0.25) is 11.8 Å². The van der Waals surface area contributed by atoms with E-state index in [1.165, 1.54) is 43.2 Å². The molecule has 2 aliphatic rings. The van der Waals surface area contributed by atoms with Crippen molar-refractivity contribution in [3.63, 3.8) is 0 Å². The minimum atomic E-state index is -1.30. The van der Waals surface area contributed by atoms with Gasteiger partial charge >= 0.3 is 0 Å². The number of aliphatic hydroxyl groups is 2. The molecular weight excluding hydrogens is 547 g/mol. The molecule has 1 aliphatic carbocycles. The molecule has 4 rings (SSSR count). The molecule has 2 aromatic rings. The van der Waals surface area contributed by atoms with Gasteiger partial charge in [-0.2, -0.15) is 0 Å². The van der Waals surface area contributed by atoms with Crippen LogP contribution in [0.4, 0.5) is 4.39 Å². The number of fused-ring (bicyclic) bond motifs is 3. The summed E-state index contributed by atoms with van der Waals surface area (Å²) < 4.78 is 25.5. The molecule has 4 unspecified atom stereocenters. The van der Waals surface area contributed by atoms with Crippen LogP contribution in [0.15, 0.2) is 48.0 Å². The number of aldehydes is 1. The third kappa shape index (κ3) is 6.69. The van der Waals surface area contributed by atoms with Crippen molar-refractivity contribution in [1.82, 2.24) is 10.2 Å². The number of methoxy groups -OCH3 is 1. The quantitative estimate of drug-likeness (QED) is 0.305. The Morgan fingerprint density at radius 3 is 2.64 bits per heavy atom. The Morgan fingerprint density at radius 2 is 1.98 bits per heavy atom. The Kier molecular flexibility index (Phi) is 10.1. The maximum absolute atomic E-state index is 13.9. The van der Waals surface area contributed by atoms with Crippen LogP contribution in [-0.2, 0) is 20.8 Å². The van der Waals surface area contributed by atoms with Gasteiger partial charge in [0, 0.05) is 42.6 Å². The molecule has 3 N–H and O–H groups in total.